The molecule has 0 heterocycles. The summed E-state index contributed by atoms with van der Waals surface area (Å²) in [6, 6.07) is 0. The quantitative estimate of drug-likeness (QED) is 0.324. The Hall–Kier alpha value is -0.0613. The minimum absolute atomic E-state index is 0.149. The number of ether oxygens (including phenoxy) is 1. The van der Waals surface area contributed by atoms with Crippen molar-refractivity contribution < 1.29 is 14.3 Å². The van der Waals surface area contributed by atoms with Crippen LogP contribution in [0.3, 0.4) is 0 Å². The first kappa shape index (κ1) is 18.3. The van der Waals surface area contributed by atoms with Gasteiger partial charge in [0.1, 0.15) is 0 Å². The number of rotatable bonds is 6. The second kappa shape index (κ2) is 14.9. The van der Waals surface area contributed by atoms with E-state index < -0.39 is 11.9 Å². The van der Waals surface area contributed by atoms with Crippen molar-refractivity contribution in [2.45, 2.75) is 62.3 Å². The molecular weight excluding hydrogens is 311 g/mol. The van der Waals surface area contributed by atoms with Crippen molar-refractivity contribution in [2.75, 3.05) is 0 Å². The molecule has 0 spiro atoms. The second-order valence-corrected chi connectivity index (χ2v) is 7.82. The van der Waals surface area contributed by atoms with Crippen molar-refractivity contribution in [3.63, 3.8) is 0 Å². The van der Waals surface area contributed by atoms with E-state index in [2.05, 4.69) is 18.6 Å². The van der Waals surface area contributed by atoms with Gasteiger partial charge in [0.25, 0.3) is 0 Å². The van der Waals surface area contributed by atoms with Crippen molar-refractivity contribution in [3.8, 4) is 0 Å². The van der Waals surface area contributed by atoms with Crippen LogP contribution in [0.1, 0.15) is 53.4 Å². The minimum atomic E-state index is -0.562. The summed E-state index contributed by atoms with van der Waals surface area (Å²) in [4.78, 5) is 19.6. The van der Waals surface area contributed by atoms with E-state index in [1.54, 1.807) is 8.87 Å². The van der Waals surface area contributed by atoms with Crippen molar-refractivity contribution in [1.82, 2.24) is 0 Å². The van der Waals surface area contributed by atoms with Gasteiger partial charge in [-0.25, -0.2) is 0 Å². The van der Waals surface area contributed by atoms with Gasteiger partial charge < -0.3 is 4.74 Å². The van der Waals surface area contributed by atoms with Gasteiger partial charge in [-0.1, -0.05) is 0 Å². The number of hydrogen-bond donors (Lipinski definition) is 0. The summed E-state index contributed by atoms with van der Waals surface area (Å²) < 4.78 is 7.22. The van der Waals surface area contributed by atoms with Crippen LogP contribution < -0.4 is 0 Å². The zero-order chi connectivity index (χ0) is 12.8. The first-order chi connectivity index (χ1) is 7.54. The predicted octanol–water partition coefficient (Wildman–Crippen LogP) is 3.22. The van der Waals surface area contributed by atoms with Crippen LogP contribution in [0.4, 0.5) is 0 Å². The van der Waals surface area contributed by atoms with Crippen molar-refractivity contribution in [2.24, 2.45) is 0 Å². The average molecular weight is 335 g/mol. The standard InChI is InChI=1S/C4H6O3.2C4H9.Sn/c1-3(5)7-4(2)6;2*1-3-4-2;/h1-2H3;2*1,3-4H2,2H3;. The van der Waals surface area contributed by atoms with Gasteiger partial charge >= 0.3 is 81.5 Å². The zero-order valence-corrected chi connectivity index (χ0v) is 13.8. The number of unbranched alkanes of at least 4 members (excludes halogenated alkanes) is 2. The molecule has 0 rings (SSSR count). The van der Waals surface area contributed by atoms with Crippen LogP contribution >= 0.6 is 0 Å². The SMILES string of the molecule is CC(=O)OC(C)=O.CCC[CH2][Sn][CH2]CCC. The third-order valence-electron chi connectivity index (χ3n) is 1.70. The van der Waals surface area contributed by atoms with Gasteiger partial charge in [0.15, 0.2) is 0 Å². The maximum atomic E-state index is 9.81. The molecule has 94 valence electrons. The Morgan fingerprint density at radius 2 is 1.31 bits per heavy atom. The molecule has 2 radical (unpaired) electrons. The molecule has 0 amide bonds. The van der Waals surface area contributed by atoms with E-state index in [-0.39, 0.29) is 21.1 Å². The number of esters is 2. The summed E-state index contributed by atoms with van der Waals surface area (Å²) >= 11 is 0.149. The van der Waals surface area contributed by atoms with Gasteiger partial charge in [0, 0.05) is 13.8 Å². The van der Waals surface area contributed by atoms with E-state index in [1.807, 2.05) is 0 Å². The molecule has 0 aliphatic carbocycles. The summed E-state index contributed by atoms with van der Waals surface area (Å²) in [7, 11) is 0. The molecule has 0 aliphatic rings. The Bertz CT molecular complexity index is 163. The normalized spacial score (nSPS) is 9.00. The Morgan fingerprint density at radius 1 is 0.938 bits per heavy atom. The molecule has 4 heteroatoms. The number of carbonyl (C=O) groups is 2. The van der Waals surface area contributed by atoms with Gasteiger partial charge in [0.2, 0.25) is 0 Å². The summed E-state index contributed by atoms with van der Waals surface area (Å²) in [5.74, 6) is -1.12. The van der Waals surface area contributed by atoms with Gasteiger partial charge in [-0.2, -0.15) is 0 Å². The van der Waals surface area contributed by atoms with Gasteiger partial charge in [0.05, 0.1) is 0 Å². The molecule has 0 N–H and O–H groups in total. The first-order valence-electron chi connectivity index (χ1n) is 5.94. The average Bonchev–Trinajstić information content (AvgIpc) is 2.16. The van der Waals surface area contributed by atoms with Crippen LogP contribution in [0.25, 0.3) is 0 Å². The summed E-state index contributed by atoms with van der Waals surface area (Å²) in [5.41, 5.74) is 0. The zero-order valence-electron chi connectivity index (χ0n) is 11.0. The van der Waals surface area contributed by atoms with Gasteiger partial charge in [-0.05, 0) is 0 Å². The van der Waals surface area contributed by atoms with Crippen molar-refractivity contribution in [1.29, 1.82) is 0 Å². The first-order valence-corrected chi connectivity index (χ1v) is 9.97. The van der Waals surface area contributed by atoms with Crippen LogP contribution in [-0.2, 0) is 14.3 Å². The number of carbonyl (C=O) groups excluding carboxylic acids is 2. The van der Waals surface area contributed by atoms with E-state index in [1.165, 1.54) is 39.5 Å². The van der Waals surface area contributed by atoms with Gasteiger partial charge in [-0.3, -0.25) is 9.59 Å². The van der Waals surface area contributed by atoms with Crippen LogP contribution in [0.2, 0.25) is 8.87 Å². The van der Waals surface area contributed by atoms with Crippen LogP contribution in [0, 0.1) is 0 Å². The van der Waals surface area contributed by atoms with E-state index >= 15 is 0 Å². The molecular formula is C12H24O3Sn. The summed E-state index contributed by atoms with van der Waals surface area (Å²) in [5, 5.41) is 0. The molecule has 0 aliphatic heterocycles. The molecule has 0 saturated carbocycles. The van der Waals surface area contributed by atoms with E-state index in [0.29, 0.717) is 0 Å². The molecule has 0 atom stereocenters. The Labute approximate surface area is 110 Å². The Kier molecular flexibility index (Phi) is 17.1. The fourth-order valence-electron chi connectivity index (χ4n) is 0.931. The monoisotopic (exact) mass is 336 g/mol. The van der Waals surface area contributed by atoms with Crippen molar-refractivity contribution in [3.05, 3.63) is 0 Å². The molecule has 0 aromatic carbocycles. The molecule has 0 saturated heterocycles. The Balaban J connectivity index is 0. The van der Waals surface area contributed by atoms with Crippen LogP contribution in [0.15, 0.2) is 0 Å². The second-order valence-electron chi connectivity index (χ2n) is 3.54. The maximum absolute atomic E-state index is 9.81. The van der Waals surface area contributed by atoms with Crippen LogP contribution in [-0.4, -0.2) is 33.1 Å². The topological polar surface area (TPSA) is 43.4 Å². The Morgan fingerprint density at radius 3 is 1.50 bits per heavy atom. The van der Waals surface area contributed by atoms with E-state index in [0.717, 1.165) is 0 Å². The summed E-state index contributed by atoms with van der Waals surface area (Å²) in [6.45, 7) is 6.95. The van der Waals surface area contributed by atoms with Crippen molar-refractivity contribution >= 4 is 33.1 Å². The predicted molar refractivity (Wildman–Crippen MR) is 67.6 cm³/mol. The molecule has 3 nitrogen and oxygen atoms in total. The molecule has 0 aromatic rings. The molecule has 0 unspecified atom stereocenters. The summed E-state index contributed by atoms with van der Waals surface area (Å²) in [6.07, 6.45) is 5.84. The molecule has 0 bridgehead atoms. The van der Waals surface area contributed by atoms with Gasteiger partial charge in [-0.15, -0.1) is 0 Å². The number of hydrogen-bond acceptors (Lipinski definition) is 3. The third kappa shape index (κ3) is 23.6. The third-order valence-corrected chi connectivity index (χ3v) is 5.74. The van der Waals surface area contributed by atoms with E-state index in [9.17, 15) is 9.59 Å². The van der Waals surface area contributed by atoms with Crippen LogP contribution in [0.5, 0.6) is 0 Å². The molecule has 0 fully saturated rings. The molecule has 0 aromatic heterocycles. The van der Waals surface area contributed by atoms with E-state index in [4.69, 9.17) is 0 Å². The fourth-order valence-corrected chi connectivity index (χ4v) is 5.09. The molecule has 16 heavy (non-hydrogen) atoms. The fraction of sp³-hybridized carbons (Fsp3) is 0.833.